The smallest absolute Gasteiger partial charge is 0.339 e. The minimum Gasteiger partial charge on any atom is -0.462 e. The zero-order chi connectivity index (χ0) is 23.1. The summed E-state index contributed by atoms with van der Waals surface area (Å²) in [5.74, 6) is -0.203. The van der Waals surface area contributed by atoms with Gasteiger partial charge in [-0.2, -0.15) is 8.42 Å². The van der Waals surface area contributed by atoms with Gasteiger partial charge in [0.2, 0.25) is 0 Å². The second kappa shape index (κ2) is 10.3. The van der Waals surface area contributed by atoms with E-state index in [4.69, 9.17) is 8.92 Å². The van der Waals surface area contributed by atoms with Crippen molar-refractivity contribution in [3.8, 4) is 0 Å². The third-order valence-electron chi connectivity index (χ3n) is 4.91. The molecule has 0 aromatic heterocycles. The molecule has 0 spiro atoms. The Hall–Kier alpha value is -3.38. The molecule has 166 valence electrons. The van der Waals surface area contributed by atoms with Crippen molar-refractivity contribution in [1.29, 1.82) is 0 Å². The van der Waals surface area contributed by atoms with Gasteiger partial charge in [0.25, 0.3) is 0 Å². The van der Waals surface area contributed by atoms with Crippen molar-refractivity contribution in [2.75, 3.05) is 6.61 Å². The van der Waals surface area contributed by atoms with Crippen molar-refractivity contribution < 1.29 is 22.1 Å². The Morgan fingerprint density at radius 2 is 1.38 bits per heavy atom. The number of benzene rings is 3. The van der Waals surface area contributed by atoms with Crippen LogP contribution in [0.2, 0.25) is 0 Å². The van der Waals surface area contributed by atoms with E-state index in [9.17, 15) is 13.2 Å². The van der Waals surface area contributed by atoms with E-state index in [-0.39, 0.29) is 17.3 Å². The molecule has 6 heteroatoms. The molecule has 3 rings (SSSR count). The van der Waals surface area contributed by atoms with Crippen molar-refractivity contribution in [2.24, 2.45) is 0 Å². The van der Waals surface area contributed by atoms with Gasteiger partial charge in [-0.3, -0.25) is 0 Å². The van der Waals surface area contributed by atoms with Crippen LogP contribution in [-0.2, 0) is 19.0 Å². The minimum atomic E-state index is -4.07. The molecule has 3 aromatic rings. The summed E-state index contributed by atoms with van der Waals surface area (Å²) in [7, 11) is -4.07. The Balaban J connectivity index is 2.11. The monoisotopic (exact) mass is 450 g/mol. The van der Waals surface area contributed by atoms with Crippen LogP contribution in [0.4, 0.5) is 0 Å². The molecule has 3 aromatic carbocycles. The van der Waals surface area contributed by atoms with E-state index in [0.29, 0.717) is 17.5 Å². The number of aryl methyl sites for hydroxylation is 1. The average molecular weight is 451 g/mol. The fourth-order valence-corrected chi connectivity index (χ4v) is 4.22. The molecule has 0 aliphatic carbocycles. The van der Waals surface area contributed by atoms with Crippen molar-refractivity contribution in [2.45, 2.75) is 32.1 Å². The fourth-order valence-electron chi connectivity index (χ4n) is 3.24. The third-order valence-corrected chi connectivity index (χ3v) is 6.15. The quantitative estimate of drug-likeness (QED) is 0.186. The molecule has 0 atom stereocenters. The van der Waals surface area contributed by atoms with Crippen LogP contribution in [0.15, 0.2) is 83.8 Å². The molecule has 0 bridgehead atoms. The van der Waals surface area contributed by atoms with Gasteiger partial charge in [-0.15, -0.1) is 0 Å². The van der Waals surface area contributed by atoms with Gasteiger partial charge in [-0.05, 0) is 50.1 Å². The lowest BCUT2D eigenvalue weighted by molar-refractivity contribution is 0.0526. The SMILES string of the molecule is CCOC(=O)c1ccc(/C(OS(=O)(=O)c2ccc(C)cc2)=C(/CC)c2ccccc2)cc1. The van der Waals surface area contributed by atoms with Gasteiger partial charge < -0.3 is 8.92 Å². The van der Waals surface area contributed by atoms with Gasteiger partial charge in [0, 0.05) is 11.1 Å². The normalized spacial score (nSPS) is 12.1. The highest BCUT2D eigenvalue weighted by Crippen LogP contribution is 2.33. The van der Waals surface area contributed by atoms with Crippen LogP contribution >= 0.6 is 0 Å². The lowest BCUT2D eigenvalue weighted by atomic mass is 9.98. The molecule has 0 saturated heterocycles. The molecule has 0 aliphatic rings. The summed E-state index contributed by atoms with van der Waals surface area (Å²) in [5, 5.41) is 0. The second-order valence-corrected chi connectivity index (χ2v) is 8.72. The first-order valence-corrected chi connectivity index (χ1v) is 11.8. The van der Waals surface area contributed by atoms with Crippen molar-refractivity contribution in [3.63, 3.8) is 0 Å². The average Bonchev–Trinajstić information content (AvgIpc) is 2.80. The highest BCUT2D eigenvalue weighted by molar-refractivity contribution is 7.87. The van der Waals surface area contributed by atoms with Gasteiger partial charge in [-0.25, -0.2) is 4.79 Å². The first-order valence-electron chi connectivity index (χ1n) is 10.4. The molecule has 0 aliphatic heterocycles. The molecule has 5 nitrogen and oxygen atoms in total. The lowest BCUT2D eigenvalue weighted by Crippen LogP contribution is -2.09. The Morgan fingerprint density at radius 3 is 1.94 bits per heavy atom. The molecule has 0 fully saturated rings. The van der Waals surface area contributed by atoms with E-state index in [2.05, 4.69) is 0 Å². The standard InChI is InChI=1S/C26H26O5S/c1-4-24(20-9-7-6-8-10-20)25(21-13-15-22(16-14-21)26(27)30-5-2)31-32(28,29)23-17-11-19(3)12-18-23/h6-18H,4-5H2,1-3H3/b25-24+. The number of hydrogen-bond donors (Lipinski definition) is 0. The topological polar surface area (TPSA) is 69.7 Å². The van der Waals surface area contributed by atoms with Crippen molar-refractivity contribution >= 4 is 27.4 Å². The molecule has 0 amide bonds. The predicted octanol–water partition coefficient (Wildman–Crippen LogP) is 5.86. The maximum Gasteiger partial charge on any atom is 0.339 e. The first kappa shape index (κ1) is 23.3. The van der Waals surface area contributed by atoms with Crippen LogP contribution in [0, 0.1) is 6.92 Å². The summed E-state index contributed by atoms with van der Waals surface area (Å²) in [6.07, 6.45) is 0.544. The summed E-state index contributed by atoms with van der Waals surface area (Å²) >= 11 is 0. The van der Waals surface area contributed by atoms with E-state index in [1.54, 1.807) is 43.3 Å². The highest BCUT2D eigenvalue weighted by Gasteiger charge is 2.22. The Labute approximate surface area is 189 Å². The van der Waals surface area contributed by atoms with Crippen LogP contribution in [-0.4, -0.2) is 21.0 Å². The number of carbonyl (C=O) groups is 1. The van der Waals surface area contributed by atoms with E-state index in [1.807, 2.05) is 44.2 Å². The van der Waals surface area contributed by atoms with Gasteiger partial charge >= 0.3 is 16.1 Å². The lowest BCUT2D eigenvalue weighted by Gasteiger charge is -2.17. The van der Waals surface area contributed by atoms with Crippen LogP contribution in [0.25, 0.3) is 11.3 Å². The number of hydrogen-bond acceptors (Lipinski definition) is 5. The van der Waals surface area contributed by atoms with E-state index >= 15 is 0 Å². The van der Waals surface area contributed by atoms with Crippen molar-refractivity contribution in [3.05, 3.63) is 101 Å². The van der Waals surface area contributed by atoms with E-state index in [0.717, 1.165) is 16.7 Å². The predicted molar refractivity (Wildman–Crippen MR) is 125 cm³/mol. The molecule has 0 N–H and O–H groups in total. The summed E-state index contributed by atoms with van der Waals surface area (Å²) in [5.41, 5.74) is 3.49. The maximum atomic E-state index is 13.1. The zero-order valence-electron chi connectivity index (χ0n) is 18.4. The minimum absolute atomic E-state index is 0.0762. The third kappa shape index (κ3) is 5.45. The van der Waals surface area contributed by atoms with E-state index in [1.165, 1.54) is 12.1 Å². The summed E-state index contributed by atoms with van der Waals surface area (Å²) in [6, 6.07) is 22.6. The van der Waals surface area contributed by atoms with Crippen molar-refractivity contribution in [1.82, 2.24) is 0 Å². The van der Waals surface area contributed by atoms with Crippen LogP contribution in [0.1, 0.15) is 47.3 Å². The van der Waals surface area contributed by atoms with Gasteiger partial charge in [-0.1, -0.05) is 67.1 Å². The Kier molecular flexibility index (Phi) is 7.49. The highest BCUT2D eigenvalue weighted by atomic mass is 32.2. The number of ether oxygens (including phenoxy) is 1. The van der Waals surface area contributed by atoms with Crippen LogP contribution in [0.5, 0.6) is 0 Å². The zero-order valence-corrected chi connectivity index (χ0v) is 19.2. The fraction of sp³-hybridized carbons (Fsp3) is 0.192. The van der Waals surface area contributed by atoms with Crippen LogP contribution < -0.4 is 0 Å². The number of rotatable bonds is 8. The molecular weight excluding hydrogens is 424 g/mol. The number of allylic oxidation sites excluding steroid dienone is 1. The van der Waals surface area contributed by atoms with Gasteiger partial charge in [0.1, 0.15) is 4.90 Å². The number of esters is 1. The van der Waals surface area contributed by atoms with E-state index < -0.39 is 16.1 Å². The summed E-state index contributed by atoms with van der Waals surface area (Å²) in [6.45, 7) is 5.84. The van der Waals surface area contributed by atoms with Crippen LogP contribution in [0.3, 0.4) is 0 Å². The van der Waals surface area contributed by atoms with Gasteiger partial charge in [0.15, 0.2) is 5.76 Å². The Morgan fingerprint density at radius 1 is 0.781 bits per heavy atom. The Bertz CT molecular complexity index is 1190. The summed E-state index contributed by atoms with van der Waals surface area (Å²) < 4.78 is 37.0. The molecule has 0 saturated carbocycles. The van der Waals surface area contributed by atoms with Gasteiger partial charge in [0.05, 0.1) is 12.2 Å². The molecule has 0 radical (unpaired) electrons. The number of carbonyl (C=O) groups excluding carboxylic acids is 1. The first-order chi connectivity index (χ1) is 15.4. The molecule has 32 heavy (non-hydrogen) atoms. The largest absolute Gasteiger partial charge is 0.462 e. The second-order valence-electron chi connectivity index (χ2n) is 7.18. The molecular formula is C26H26O5S. The summed E-state index contributed by atoms with van der Waals surface area (Å²) in [4.78, 5) is 12.1. The molecule has 0 heterocycles. The molecule has 0 unspecified atom stereocenters. The maximum absolute atomic E-state index is 13.1.